The number of halogens is 1. The molecule has 2 aromatic rings. The lowest BCUT2D eigenvalue weighted by atomic mass is 10.0. The van der Waals surface area contributed by atoms with Gasteiger partial charge in [-0.2, -0.15) is 0 Å². The van der Waals surface area contributed by atoms with E-state index in [0.29, 0.717) is 11.4 Å². The third-order valence-electron chi connectivity index (χ3n) is 2.96. The summed E-state index contributed by atoms with van der Waals surface area (Å²) in [6, 6.07) is 9.33. The lowest BCUT2D eigenvalue weighted by Crippen LogP contribution is -2.27. The van der Waals surface area contributed by atoms with E-state index in [1.165, 1.54) is 6.07 Å². The van der Waals surface area contributed by atoms with Gasteiger partial charge in [0.1, 0.15) is 4.92 Å². The second kappa shape index (κ2) is 6.41. The molecular weight excluding hydrogens is 296 g/mol. The molecule has 21 heavy (non-hydrogen) atoms. The van der Waals surface area contributed by atoms with E-state index in [1.54, 1.807) is 18.2 Å². The Morgan fingerprint density at radius 3 is 2.76 bits per heavy atom. The number of nitrogens with zero attached hydrogens (tertiary/aromatic N) is 1. The Balaban J connectivity index is 2.14. The van der Waals surface area contributed by atoms with E-state index in [1.807, 2.05) is 13.0 Å². The first kappa shape index (κ1) is 15.1. The highest BCUT2D eigenvalue weighted by molar-refractivity contribution is 6.30. The maximum atomic E-state index is 12.0. The van der Waals surface area contributed by atoms with Crippen molar-refractivity contribution >= 4 is 23.4 Å². The molecule has 1 N–H and O–H groups in total. The molecule has 1 aromatic heterocycles. The van der Waals surface area contributed by atoms with Gasteiger partial charge in [-0.1, -0.05) is 30.7 Å². The van der Waals surface area contributed by atoms with E-state index in [-0.39, 0.29) is 11.8 Å². The Kier molecular flexibility index (Phi) is 4.59. The van der Waals surface area contributed by atoms with E-state index in [4.69, 9.17) is 16.0 Å². The summed E-state index contributed by atoms with van der Waals surface area (Å²) in [7, 11) is 0. The van der Waals surface area contributed by atoms with Crippen LogP contribution in [0.5, 0.6) is 0 Å². The normalized spacial score (nSPS) is 11.9. The van der Waals surface area contributed by atoms with E-state index < -0.39 is 16.7 Å². The molecule has 0 fully saturated rings. The average Bonchev–Trinajstić information content (AvgIpc) is 2.94. The van der Waals surface area contributed by atoms with E-state index in [2.05, 4.69) is 5.32 Å². The molecule has 0 saturated heterocycles. The molecule has 1 aromatic carbocycles. The van der Waals surface area contributed by atoms with Crippen molar-refractivity contribution in [2.45, 2.75) is 19.4 Å². The molecule has 0 aliphatic heterocycles. The highest BCUT2D eigenvalue weighted by Crippen LogP contribution is 2.22. The number of nitrogens with one attached hydrogen (secondary N) is 1. The van der Waals surface area contributed by atoms with Gasteiger partial charge < -0.3 is 9.73 Å². The lowest BCUT2D eigenvalue weighted by Gasteiger charge is -2.16. The highest BCUT2D eigenvalue weighted by atomic mass is 35.5. The first-order chi connectivity index (χ1) is 10.0. The van der Waals surface area contributed by atoms with Gasteiger partial charge in [-0.15, -0.1) is 0 Å². The van der Waals surface area contributed by atoms with E-state index >= 15 is 0 Å². The number of benzene rings is 1. The third-order valence-corrected chi connectivity index (χ3v) is 3.20. The quantitative estimate of drug-likeness (QED) is 0.673. The summed E-state index contributed by atoms with van der Waals surface area (Å²) in [4.78, 5) is 21.9. The number of furan rings is 1. The van der Waals surface area contributed by atoms with E-state index in [0.717, 1.165) is 11.6 Å². The Bertz CT molecular complexity index is 668. The van der Waals surface area contributed by atoms with Gasteiger partial charge in [0.25, 0.3) is 5.91 Å². The molecule has 1 atom stereocenters. The summed E-state index contributed by atoms with van der Waals surface area (Å²) in [5, 5.41) is 13.9. The van der Waals surface area contributed by atoms with Gasteiger partial charge in [0.2, 0.25) is 0 Å². The second-order valence-electron chi connectivity index (χ2n) is 4.38. The van der Waals surface area contributed by atoms with Gasteiger partial charge in [-0.3, -0.25) is 14.9 Å². The predicted octanol–water partition coefficient (Wildman–Crippen LogP) is 3.72. The maximum absolute atomic E-state index is 12.0. The SMILES string of the molecule is CCC(NC(=O)c1ccc([N+](=O)[O-])o1)c1cccc(Cl)c1. The fraction of sp³-hybridized carbons (Fsp3) is 0.214. The highest BCUT2D eigenvalue weighted by Gasteiger charge is 2.20. The second-order valence-corrected chi connectivity index (χ2v) is 4.82. The molecule has 1 heterocycles. The summed E-state index contributed by atoms with van der Waals surface area (Å²) < 4.78 is 4.87. The van der Waals surface area contributed by atoms with Gasteiger partial charge >= 0.3 is 5.88 Å². The maximum Gasteiger partial charge on any atom is 0.433 e. The summed E-state index contributed by atoms with van der Waals surface area (Å²) >= 11 is 5.93. The van der Waals surface area contributed by atoms with Crippen LogP contribution in [-0.2, 0) is 0 Å². The Labute approximate surface area is 125 Å². The number of rotatable bonds is 5. The summed E-state index contributed by atoms with van der Waals surface area (Å²) in [5.41, 5.74) is 0.861. The van der Waals surface area contributed by atoms with Crippen LogP contribution in [0, 0.1) is 10.1 Å². The summed E-state index contributed by atoms with van der Waals surface area (Å²) in [5.74, 6) is -1.06. The van der Waals surface area contributed by atoms with Crippen molar-refractivity contribution in [1.29, 1.82) is 0 Å². The molecule has 110 valence electrons. The van der Waals surface area contributed by atoms with Crippen LogP contribution in [0.3, 0.4) is 0 Å². The van der Waals surface area contributed by atoms with Gasteiger partial charge in [0, 0.05) is 5.02 Å². The Hall–Kier alpha value is -2.34. The average molecular weight is 309 g/mol. The van der Waals surface area contributed by atoms with Gasteiger partial charge in [0.15, 0.2) is 5.76 Å². The summed E-state index contributed by atoms with van der Waals surface area (Å²) in [6.45, 7) is 1.91. The number of carbonyl (C=O) groups excluding carboxylic acids is 1. The van der Waals surface area contributed by atoms with Crippen molar-refractivity contribution in [1.82, 2.24) is 5.32 Å². The lowest BCUT2D eigenvalue weighted by molar-refractivity contribution is -0.402. The number of carbonyl (C=O) groups is 1. The molecule has 1 amide bonds. The number of nitro groups is 1. The van der Waals surface area contributed by atoms with Crippen LogP contribution in [0.15, 0.2) is 40.8 Å². The first-order valence-electron chi connectivity index (χ1n) is 6.31. The van der Waals surface area contributed by atoms with Crippen molar-refractivity contribution < 1.29 is 14.1 Å². The molecule has 0 saturated carbocycles. The summed E-state index contributed by atoms with van der Waals surface area (Å²) in [6.07, 6.45) is 0.648. The third kappa shape index (κ3) is 3.61. The van der Waals surface area contributed by atoms with Gasteiger partial charge in [-0.05, 0) is 30.2 Å². The number of amides is 1. The molecule has 0 spiro atoms. The molecule has 0 bridgehead atoms. The number of hydrogen-bond donors (Lipinski definition) is 1. The van der Waals surface area contributed by atoms with Crippen LogP contribution in [0.25, 0.3) is 0 Å². The minimum Gasteiger partial charge on any atom is -0.395 e. The predicted molar refractivity (Wildman–Crippen MR) is 77.3 cm³/mol. The number of hydrogen-bond acceptors (Lipinski definition) is 4. The van der Waals surface area contributed by atoms with Gasteiger partial charge in [0.05, 0.1) is 12.1 Å². The van der Waals surface area contributed by atoms with Crippen LogP contribution < -0.4 is 5.32 Å². The molecular formula is C14H13ClN2O4. The molecule has 0 aliphatic rings. The minimum atomic E-state index is -0.689. The topological polar surface area (TPSA) is 85.4 Å². The minimum absolute atomic E-state index is 0.0952. The largest absolute Gasteiger partial charge is 0.433 e. The van der Waals surface area contributed by atoms with Gasteiger partial charge in [-0.25, -0.2) is 0 Å². The van der Waals surface area contributed by atoms with Crippen LogP contribution in [0.2, 0.25) is 5.02 Å². The van der Waals surface area contributed by atoms with Crippen molar-refractivity contribution in [3.05, 3.63) is 62.9 Å². The molecule has 7 heteroatoms. The van der Waals surface area contributed by atoms with Crippen LogP contribution in [-0.4, -0.2) is 10.8 Å². The standard InChI is InChI=1S/C14H13ClN2O4/c1-2-11(9-4-3-5-10(15)8-9)16-14(18)12-6-7-13(21-12)17(19)20/h3-8,11H,2H2,1H3,(H,16,18). The Morgan fingerprint density at radius 1 is 1.43 bits per heavy atom. The smallest absolute Gasteiger partial charge is 0.395 e. The molecule has 0 aliphatic carbocycles. The van der Waals surface area contributed by atoms with Crippen LogP contribution in [0.4, 0.5) is 5.88 Å². The zero-order valence-corrected chi connectivity index (χ0v) is 12.0. The molecule has 0 radical (unpaired) electrons. The monoisotopic (exact) mass is 308 g/mol. The van der Waals surface area contributed by atoms with Crippen LogP contribution >= 0.6 is 11.6 Å². The fourth-order valence-corrected chi connectivity index (χ4v) is 2.12. The zero-order valence-electron chi connectivity index (χ0n) is 11.2. The van der Waals surface area contributed by atoms with Crippen LogP contribution in [0.1, 0.15) is 35.5 Å². The zero-order chi connectivity index (χ0) is 15.4. The fourth-order valence-electron chi connectivity index (χ4n) is 1.92. The van der Waals surface area contributed by atoms with Crippen molar-refractivity contribution in [2.75, 3.05) is 0 Å². The molecule has 6 nitrogen and oxygen atoms in total. The molecule has 1 unspecified atom stereocenters. The first-order valence-corrected chi connectivity index (χ1v) is 6.69. The molecule has 2 rings (SSSR count). The van der Waals surface area contributed by atoms with Crippen molar-refractivity contribution in [3.63, 3.8) is 0 Å². The Morgan fingerprint density at radius 2 is 2.19 bits per heavy atom. The van der Waals surface area contributed by atoms with Crippen molar-refractivity contribution in [3.8, 4) is 0 Å². The van der Waals surface area contributed by atoms with E-state index in [9.17, 15) is 14.9 Å². The van der Waals surface area contributed by atoms with Crippen molar-refractivity contribution in [2.24, 2.45) is 0 Å².